The van der Waals surface area contributed by atoms with E-state index in [1.54, 1.807) is 11.0 Å². The quantitative estimate of drug-likeness (QED) is 0.865. The Kier molecular flexibility index (Phi) is 3.03. The second-order valence-corrected chi connectivity index (χ2v) is 4.72. The van der Waals surface area contributed by atoms with Gasteiger partial charge in [-0.3, -0.25) is 4.79 Å². The summed E-state index contributed by atoms with van der Waals surface area (Å²) < 4.78 is 0. The summed E-state index contributed by atoms with van der Waals surface area (Å²) in [6.07, 6.45) is -0.523. The van der Waals surface area contributed by atoms with Crippen LogP contribution in [0.25, 0.3) is 5.70 Å². The summed E-state index contributed by atoms with van der Waals surface area (Å²) in [7, 11) is 0. The molecule has 2 rings (SSSR count). The Labute approximate surface area is 101 Å². The van der Waals surface area contributed by atoms with Crippen molar-refractivity contribution in [3.63, 3.8) is 0 Å². The van der Waals surface area contributed by atoms with Crippen molar-refractivity contribution in [2.45, 2.75) is 20.0 Å². The van der Waals surface area contributed by atoms with E-state index in [9.17, 15) is 9.90 Å². The predicted octanol–water partition coefficient (Wildman–Crippen LogP) is 2.13. The lowest BCUT2D eigenvalue weighted by molar-refractivity contribution is 0.0677. The van der Waals surface area contributed by atoms with Gasteiger partial charge in [0.05, 0.1) is 12.6 Å². The Hall–Kier alpha value is -1.61. The second kappa shape index (κ2) is 4.34. The minimum absolute atomic E-state index is 0.0645. The molecule has 1 aromatic carbocycles. The van der Waals surface area contributed by atoms with Crippen molar-refractivity contribution in [1.29, 1.82) is 0 Å². The maximum Gasteiger partial charge on any atom is 0.259 e. The van der Waals surface area contributed by atoms with E-state index in [0.717, 1.165) is 5.56 Å². The molecule has 3 heteroatoms. The van der Waals surface area contributed by atoms with Gasteiger partial charge in [0.1, 0.15) is 0 Å². The number of rotatable bonds is 3. The molecule has 1 heterocycles. The highest BCUT2D eigenvalue weighted by atomic mass is 16.3. The van der Waals surface area contributed by atoms with E-state index in [4.69, 9.17) is 0 Å². The van der Waals surface area contributed by atoms with Crippen molar-refractivity contribution in [3.05, 3.63) is 42.0 Å². The molecular weight excluding hydrogens is 214 g/mol. The van der Waals surface area contributed by atoms with E-state index in [0.29, 0.717) is 17.8 Å². The molecule has 0 saturated heterocycles. The SMILES string of the molecule is C=C1c2ccccc2C(=O)N1CC(O)C(C)C. The van der Waals surface area contributed by atoms with Crippen molar-refractivity contribution in [2.75, 3.05) is 6.54 Å². The van der Waals surface area contributed by atoms with Gasteiger partial charge in [-0.1, -0.05) is 38.6 Å². The van der Waals surface area contributed by atoms with Crippen LogP contribution < -0.4 is 0 Å². The number of hydrogen-bond acceptors (Lipinski definition) is 2. The van der Waals surface area contributed by atoms with Crippen LogP contribution in [0.4, 0.5) is 0 Å². The van der Waals surface area contributed by atoms with Crippen LogP contribution >= 0.6 is 0 Å². The van der Waals surface area contributed by atoms with Crippen molar-refractivity contribution in [3.8, 4) is 0 Å². The van der Waals surface area contributed by atoms with E-state index in [1.807, 2.05) is 32.0 Å². The number of amides is 1. The highest BCUT2D eigenvalue weighted by molar-refractivity contribution is 6.08. The van der Waals surface area contributed by atoms with Crippen molar-refractivity contribution >= 4 is 11.6 Å². The van der Waals surface area contributed by atoms with Gasteiger partial charge in [0, 0.05) is 16.8 Å². The van der Waals surface area contributed by atoms with Crippen LogP contribution in [0.1, 0.15) is 29.8 Å². The van der Waals surface area contributed by atoms with Crippen LogP contribution in [0.15, 0.2) is 30.8 Å². The maximum atomic E-state index is 12.1. The van der Waals surface area contributed by atoms with E-state index in [2.05, 4.69) is 6.58 Å². The van der Waals surface area contributed by atoms with Crippen LogP contribution in [0.2, 0.25) is 0 Å². The Morgan fingerprint density at radius 2 is 1.88 bits per heavy atom. The fourth-order valence-electron chi connectivity index (χ4n) is 1.93. The third kappa shape index (κ3) is 1.98. The summed E-state index contributed by atoms with van der Waals surface area (Å²) in [6.45, 7) is 8.11. The summed E-state index contributed by atoms with van der Waals surface area (Å²) in [4.78, 5) is 13.7. The number of aliphatic hydroxyl groups excluding tert-OH is 1. The zero-order valence-electron chi connectivity index (χ0n) is 10.2. The van der Waals surface area contributed by atoms with Gasteiger partial charge in [0.25, 0.3) is 5.91 Å². The topological polar surface area (TPSA) is 40.5 Å². The minimum Gasteiger partial charge on any atom is -0.391 e. The molecule has 0 saturated carbocycles. The maximum absolute atomic E-state index is 12.1. The zero-order valence-corrected chi connectivity index (χ0v) is 10.2. The van der Waals surface area contributed by atoms with Crippen LogP contribution in [0, 0.1) is 5.92 Å². The molecule has 17 heavy (non-hydrogen) atoms. The summed E-state index contributed by atoms with van der Waals surface area (Å²) in [5, 5.41) is 9.87. The van der Waals surface area contributed by atoms with E-state index >= 15 is 0 Å². The number of β-amino-alcohol motifs (C(OH)–C–C–N with tert-alkyl or cyclic N) is 1. The first-order valence-electron chi connectivity index (χ1n) is 5.80. The lowest BCUT2D eigenvalue weighted by Crippen LogP contribution is -2.34. The first-order chi connectivity index (χ1) is 8.02. The Morgan fingerprint density at radius 1 is 1.29 bits per heavy atom. The molecule has 1 aliphatic rings. The molecule has 1 N–H and O–H groups in total. The number of nitrogens with zero attached hydrogens (tertiary/aromatic N) is 1. The summed E-state index contributed by atoms with van der Waals surface area (Å²) in [5.41, 5.74) is 2.23. The zero-order chi connectivity index (χ0) is 12.6. The van der Waals surface area contributed by atoms with Crippen molar-refractivity contribution in [2.24, 2.45) is 5.92 Å². The van der Waals surface area contributed by atoms with E-state index in [1.165, 1.54) is 0 Å². The molecule has 0 radical (unpaired) electrons. The van der Waals surface area contributed by atoms with Gasteiger partial charge >= 0.3 is 0 Å². The molecular formula is C14H17NO2. The standard InChI is InChI=1S/C14H17NO2/c1-9(2)13(16)8-15-10(3)11-6-4-5-7-12(11)14(15)17/h4-7,9,13,16H,3,8H2,1-2H3. The average molecular weight is 231 g/mol. The fourth-order valence-corrected chi connectivity index (χ4v) is 1.93. The fraction of sp³-hybridized carbons (Fsp3) is 0.357. The van der Waals surface area contributed by atoms with Gasteiger partial charge in [0.15, 0.2) is 0 Å². The third-order valence-corrected chi connectivity index (χ3v) is 3.18. The van der Waals surface area contributed by atoms with Gasteiger partial charge in [0.2, 0.25) is 0 Å². The highest BCUT2D eigenvalue weighted by Crippen LogP contribution is 2.31. The molecule has 1 amide bonds. The summed E-state index contributed by atoms with van der Waals surface area (Å²) >= 11 is 0. The number of benzene rings is 1. The van der Waals surface area contributed by atoms with E-state index < -0.39 is 6.10 Å². The van der Waals surface area contributed by atoms with Crippen LogP contribution in [0.5, 0.6) is 0 Å². The number of fused-ring (bicyclic) bond motifs is 1. The lowest BCUT2D eigenvalue weighted by Gasteiger charge is -2.23. The molecule has 1 aromatic rings. The van der Waals surface area contributed by atoms with Gasteiger partial charge in [-0.15, -0.1) is 0 Å². The second-order valence-electron chi connectivity index (χ2n) is 4.72. The monoisotopic (exact) mass is 231 g/mol. The largest absolute Gasteiger partial charge is 0.391 e. The van der Waals surface area contributed by atoms with E-state index in [-0.39, 0.29) is 11.8 Å². The molecule has 3 nitrogen and oxygen atoms in total. The number of carbonyl (C=O) groups excluding carboxylic acids is 1. The first kappa shape index (κ1) is 11.9. The molecule has 0 aromatic heterocycles. The predicted molar refractivity (Wildman–Crippen MR) is 67.4 cm³/mol. The summed E-state index contributed by atoms with van der Waals surface area (Å²) in [5.74, 6) is 0.0598. The smallest absolute Gasteiger partial charge is 0.259 e. The highest BCUT2D eigenvalue weighted by Gasteiger charge is 2.32. The van der Waals surface area contributed by atoms with Crippen LogP contribution in [0.3, 0.4) is 0 Å². The normalized spacial score (nSPS) is 16.6. The number of aliphatic hydroxyl groups is 1. The lowest BCUT2D eigenvalue weighted by atomic mass is 10.1. The molecule has 0 aliphatic carbocycles. The molecule has 90 valence electrons. The average Bonchev–Trinajstić information content (AvgIpc) is 2.55. The molecule has 0 bridgehead atoms. The molecule has 0 spiro atoms. The minimum atomic E-state index is -0.523. The Bertz CT molecular complexity index is 430. The molecule has 1 aliphatic heterocycles. The molecule has 1 atom stereocenters. The number of carbonyl (C=O) groups is 1. The van der Waals surface area contributed by atoms with Crippen molar-refractivity contribution < 1.29 is 9.90 Å². The molecule has 1 unspecified atom stereocenters. The van der Waals surface area contributed by atoms with Gasteiger partial charge in [-0.25, -0.2) is 0 Å². The van der Waals surface area contributed by atoms with Gasteiger partial charge in [-0.05, 0) is 12.0 Å². The Morgan fingerprint density at radius 3 is 2.41 bits per heavy atom. The van der Waals surface area contributed by atoms with Crippen LogP contribution in [-0.2, 0) is 0 Å². The van der Waals surface area contributed by atoms with Crippen molar-refractivity contribution in [1.82, 2.24) is 4.90 Å². The van der Waals surface area contributed by atoms with Gasteiger partial charge in [-0.2, -0.15) is 0 Å². The van der Waals surface area contributed by atoms with Gasteiger partial charge < -0.3 is 10.0 Å². The Balaban J connectivity index is 2.25. The molecule has 0 fully saturated rings. The summed E-state index contributed by atoms with van der Waals surface area (Å²) in [6, 6.07) is 7.41. The van der Waals surface area contributed by atoms with Crippen LogP contribution in [-0.4, -0.2) is 28.6 Å². The third-order valence-electron chi connectivity index (χ3n) is 3.18. The number of hydrogen-bond donors (Lipinski definition) is 1. The first-order valence-corrected chi connectivity index (χ1v) is 5.80.